The number of hydrogen-bond acceptors (Lipinski definition) is 5. The van der Waals surface area contributed by atoms with Gasteiger partial charge < -0.3 is 5.43 Å². The zero-order valence-corrected chi connectivity index (χ0v) is 11.2. The standard InChI is InChI=1S/C12H16N4O2S/c13-8-1-9-16(11-4-5-11)19(17,18)12-6-2-10(15-14)3-7-12/h2-3,6-7,11,15H,1,4-5,9,14H2. The molecular weight excluding hydrogens is 264 g/mol. The van der Waals surface area contributed by atoms with Gasteiger partial charge in [-0.15, -0.1) is 0 Å². The third-order valence-corrected chi connectivity index (χ3v) is 4.99. The molecule has 0 atom stereocenters. The van der Waals surface area contributed by atoms with Crippen LogP contribution < -0.4 is 11.3 Å². The molecule has 6 nitrogen and oxygen atoms in total. The summed E-state index contributed by atoms with van der Waals surface area (Å²) in [4.78, 5) is 0.233. The van der Waals surface area contributed by atoms with Crippen LogP contribution in [0.3, 0.4) is 0 Å². The smallest absolute Gasteiger partial charge is 0.243 e. The van der Waals surface area contributed by atoms with Crippen molar-refractivity contribution in [1.29, 1.82) is 5.26 Å². The van der Waals surface area contributed by atoms with E-state index in [1.807, 2.05) is 6.07 Å². The number of nitriles is 1. The second-order valence-corrected chi connectivity index (χ2v) is 6.31. The summed E-state index contributed by atoms with van der Waals surface area (Å²) in [6.45, 7) is 0.250. The van der Waals surface area contributed by atoms with Gasteiger partial charge in [0, 0.05) is 24.7 Å². The minimum Gasteiger partial charge on any atom is -0.324 e. The van der Waals surface area contributed by atoms with Crippen molar-refractivity contribution in [2.45, 2.75) is 30.2 Å². The lowest BCUT2D eigenvalue weighted by Crippen LogP contribution is -2.33. The van der Waals surface area contributed by atoms with Crippen molar-refractivity contribution >= 4 is 15.7 Å². The van der Waals surface area contributed by atoms with Crippen molar-refractivity contribution in [2.24, 2.45) is 5.84 Å². The minimum atomic E-state index is -3.52. The fourth-order valence-corrected chi connectivity index (χ4v) is 3.57. The summed E-state index contributed by atoms with van der Waals surface area (Å²) >= 11 is 0. The minimum absolute atomic E-state index is 0.0469. The molecule has 2 rings (SSSR count). The summed E-state index contributed by atoms with van der Waals surface area (Å²) in [6, 6.07) is 8.30. The SMILES string of the molecule is N#CCCN(C1CC1)S(=O)(=O)c1ccc(NN)cc1. The summed E-state index contributed by atoms with van der Waals surface area (Å²) in [5, 5.41) is 8.63. The Morgan fingerprint density at radius 2 is 2.00 bits per heavy atom. The first-order chi connectivity index (χ1) is 9.09. The lowest BCUT2D eigenvalue weighted by molar-refractivity contribution is 0.411. The van der Waals surface area contributed by atoms with Crippen LogP contribution >= 0.6 is 0 Å². The Morgan fingerprint density at radius 3 is 2.47 bits per heavy atom. The molecule has 0 amide bonds. The molecule has 3 N–H and O–H groups in total. The van der Waals surface area contributed by atoms with Crippen LogP contribution in [-0.4, -0.2) is 25.3 Å². The molecule has 0 aromatic heterocycles. The maximum atomic E-state index is 12.5. The van der Waals surface area contributed by atoms with Gasteiger partial charge in [-0.2, -0.15) is 9.57 Å². The number of hydrazine groups is 1. The van der Waals surface area contributed by atoms with Gasteiger partial charge in [-0.25, -0.2) is 8.42 Å². The number of nitrogens with zero attached hydrogens (tertiary/aromatic N) is 2. The summed E-state index contributed by atoms with van der Waals surface area (Å²) in [5.41, 5.74) is 3.10. The molecule has 1 saturated carbocycles. The Kier molecular flexibility index (Phi) is 4.04. The highest BCUT2D eigenvalue weighted by Crippen LogP contribution is 2.32. The van der Waals surface area contributed by atoms with Gasteiger partial charge in [-0.05, 0) is 37.1 Å². The van der Waals surface area contributed by atoms with Crippen molar-refractivity contribution in [1.82, 2.24) is 4.31 Å². The fourth-order valence-electron chi connectivity index (χ4n) is 1.88. The maximum Gasteiger partial charge on any atom is 0.243 e. The Balaban J connectivity index is 2.25. The Bertz CT molecular complexity index is 573. The third-order valence-electron chi connectivity index (χ3n) is 3.03. The van der Waals surface area contributed by atoms with E-state index in [-0.39, 0.29) is 23.9 Å². The number of nitrogen functional groups attached to an aromatic ring is 1. The van der Waals surface area contributed by atoms with Crippen LogP contribution in [0, 0.1) is 11.3 Å². The molecule has 1 fully saturated rings. The fraction of sp³-hybridized carbons (Fsp3) is 0.417. The summed E-state index contributed by atoms with van der Waals surface area (Å²) in [7, 11) is -3.52. The predicted molar refractivity (Wildman–Crippen MR) is 71.4 cm³/mol. The van der Waals surface area contributed by atoms with Crippen LogP contribution in [0.4, 0.5) is 5.69 Å². The van der Waals surface area contributed by atoms with E-state index < -0.39 is 10.0 Å². The number of sulfonamides is 1. The molecule has 0 saturated heterocycles. The van der Waals surface area contributed by atoms with E-state index in [4.69, 9.17) is 11.1 Å². The number of rotatable bonds is 6. The van der Waals surface area contributed by atoms with Crippen molar-refractivity contribution in [3.8, 4) is 6.07 Å². The van der Waals surface area contributed by atoms with Gasteiger partial charge in [0.05, 0.1) is 11.0 Å². The molecule has 19 heavy (non-hydrogen) atoms. The number of nitrogens with one attached hydrogen (secondary N) is 1. The first-order valence-electron chi connectivity index (χ1n) is 6.05. The van der Waals surface area contributed by atoms with Crippen LogP contribution in [0.25, 0.3) is 0 Å². The van der Waals surface area contributed by atoms with E-state index in [1.54, 1.807) is 12.1 Å². The average Bonchev–Trinajstić information content (AvgIpc) is 3.23. The molecule has 0 spiro atoms. The molecule has 0 heterocycles. The van der Waals surface area contributed by atoms with Gasteiger partial charge in [0.1, 0.15) is 0 Å². The molecule has 0 unspecified atom stereocenters. The zero-order valence-electron chi connectivity index (χ0n) is 10.4. The van der Waals surface area contributed by atoms with E-state index in [1.165, 1.54) is 16.4 Å². The number of benzene rings is 1. The monoisotopic (exact) mass is 280 g/mol. The molecule has 0 bridgehead atoms. The molecular formula is C12H16N4O2S. The largest absolute Gasteiger partial charge is 0.324 e. The second-order valence-electron chi connectivity index (χ2n) is 4.42. The Hall–Kier alpha value is -1.62. The topological polar surface area (TPSA) is 99.2 Å². The van der Waals surface area contributed by atoms with Gasteiger partial charge in [-0.1, -0.05) is 0 Å². The van der Waals surface area contributed by atoms with Gasteiger partial charge in [0.25, 0.3) is 0 Å². The van der Waals surface area contributed by atoms with Gasteiger partial charge in [-0.3, -0.25) is 5.84 Å². The van der Waals surface area contributed by atoms with Gasteiger partial charge in [0.15, 0.2) is 0 Å². The van der Waals surface area contributed by atoms with Crippen molar-refractivity contribution < 1.29 is 8.42 Å². The highest BCUT2D eigenvalue weighted by molar-refractivity contribution is 7.89. The van der Waals surface area contributed by atoms with E-state index in [0.717, 1.165) is 12.8 Å². The van der Waals surface area contributed by atoms with Crippen molar-refractivity contribution in [3.63, 3.8) is 0 Å². The van der Waals surface area contributed by atoms with E-state index >= 15 is 0 Å². The summed E-state index contributed by atoms with van der Waals surface area (Å²) < 4.78 is 26.4. The predicted octanol–water partition coefficient (Wildman–Crippen LogP) is 1.04. The molecule has 7 heteroatoms. The molecule has 0 aliphatic heterocycles. The first kappa shape index (κ1) is 13.8. The summed E-state index contributed by atoms with van der Waals surface area (Å²) in [6.07, 6.45) is 1.94. The van der Waals surface area contributed by atoms with Gasteiger partial charge >= 0.3 is 0 Å². The molecule has 102 valence electrons. The highest BCUT2D eigenvalue weighted by atomic mass is 32.2. The van der Waals surface area contributed by atoms with E-state index in [0.29, 0.717) is 5.69 Å². The van der Waals surface area contributed by atoms with Crippen LogP contribution in [0.5, 0.6) is 0 Å². The Labute approximate surface area is 112 Å². The maximum absolute atomic E-state index is 12.5. The van der Waals surface area contributed by atoms with E-state index in [2.05, 4.69) is 5.43 Å². The number of nitrogens with two attached hydrogens (primary N) is 1. The van der Waals surface area contributed by atoms with Gasteiger partial charge in [0.2, 0.25) is 10.0 Å². The Morgan fingerprint density at radius 1 is 1.37 bits per heavy atom. The van der Waals surface area contributed by atoms with Crippen LogP contribution in [0.1, 0.15) is 19.3 Å². The quantitative estimate of drug-likeness (QED) is 0.599. The zero-order chi connectivity index (χ0) is 13.9. The molecule has 0 radical (unpaired) electrons. The lowest BCUT2D eigenvalue weighted by atomic mass is 10.3. The number of hydrogen-bond donors (Lipinski definition) is 2. The normalized spacial score (nSPS) is 15.2. The highest BCUT2D eigenvalue weighted by Gasteiger charge is 2.37. The molecule has 1 aliphatic rings. The van der Waals surface area contributed by atoms with Crippen LogP contribution in [0.2, 0.25) is 0 Å². The lowest BCUT2D eigenvalue weighted by Gasteiger charge is -2.20. The third kappa shape index (κ3) is 3.04. The second kappa shape index (κ2) is 5.57. The van der Waals surface area contributed by atoms with E-state index in [9.17, 15) is 8.42 Å². The van der Waals surface area contributed by atoms with Crippen molar-refractivity contribution in [3.05, 3.63) is 24.3 Å². The van der Waals surface area contributed by atoms with Crippen LogP contribution in [0.15, 0.2) is 29.2 Å². The number of anilines is 1. The molecule has 1 aromatic carbocycles. The average molecular weight is 280 g/mol. The van der Waals surface area contributed by atoms with Crippen molar-refractivity contribution in [2.75, 3.05) is 12.0 Å². The summed E-state index contributed by atoms with van der Waals surface area (Å²) in [5.74, 6) is 5.25. The van der Waals surface area contributed by atoms with Crippen LogP contribution in [-0.2, 0) is 10.0 Å². The first-order valence-corrected chi connectivity index (χ1v) is 7.49. The molecule has 1 aromatic rings. The molecule has 1 aliphatic carbocycles.